The van der Waals surface area contributed by atoms with Crippen LogP contribution in [-0.2, 0) is 11.3 Å². The fraction of sp³-hybridized carbons (Fsp3) is 0.280. The molecule has 198 valence electrons. The minimum Gasteiger partial charge on any atom is -0.465 e. The van der Waals surface area contributed by atoms with Crippen molar-refractivity contribution < 1.29 is 28.6 Å². The summed E-state index contributed by atoms with van der Waals surface area (Å²) in [5.74, 6) is -0.995. The number of ether oxygens (including phenoxy) is 1. The van der Waals surface area contributed by atoms with Crippen LogP contribution in [0.2, 0.25) is 0 Å². The molecular weight excluding hydrogens is 494 g/mol. The maximum atomic E-state index is 13.0. The SMILES string of the molecule is COCCn1cc(NC(=O)c2ccc(-c3cnn(C(=O)C(NC(=O)O)C(C)C)c3)o2)c(-c2ccccn2)n1. The molecule has 0 radical (unpaired) electrons. The second kappa shape index (κ2) is 11.5. The number of aromatic nitrogens is 5. The maximum absolute atomic E-state index is 13.0. The van der Waals surface area contributed by atoms with Crippen molar-refractivity contribution in [2.45, 2.75) is 26.4 Å². The highest BCUT2D eigenvalue weighted by Gasteiger charge is 2.26. The van der Waals surface area contributed by atoms with Gasteiger partial charge in [-0.3, -0.25) is 19.3 Å². The molecule has 4 aromatic heterocycles. The van der Waals surface area contributed by atoms with E-state index in [2.05, 4.69) is 25.8 Å². The average Bonchev–Trinajstić information content (AvgIpc) is 3.65. The highest BCUT2D eigenvalue weighted by atomic mass is 16.5. The summed E-state index contributed by atoms with van der Waals surface area (Å²) in [6, 6.07) is 7.51. The molecule has 4 rings (SSSR count). The molecule has 0 aliphatic carbocycles. The number of pyridine rings is 1. The average molecular weight is 522 g/mol. The molecule has 38 heavy (non-hydrogen) atoms. The van der Waals surface area contributed by atoms with Crippen LogP contribution < -0.4 is 10.6 Å². The molecule has 1 unspecified atom stereocenters. The smallest absolute Gasteiger partial charge is 0.405 e. The van der Waals surface area contributed by atoms with Gasteiger partial charge in [0.05, 0.1) is 36.3 Å². The molecule has 0 saturated carbocycles. The predicted molar refractivity (Wildman–Crippen MR) is 136 cm³/mol. The molecule has 4 heterocycles. The number of nitrogens with one attached hydrogen (secondary N) is 2. The van der Waals surface area contributed by atoms with Gasteiger partial charge in [0.25, 0.3) is 11.8 Å². The third kappa shape index (κ3) is 5.95. The van der Waals surface area contributed by atoms with Crippen LogP contribution >= 0.6 is 0 Å². The van der Waals surface area contributed by atoms with Crippen LogP contribution in [0.5, 0.6) is 0 Å². The Kier molecular flexibility index (Phi) is 7.97. The zero-order valence-corrected chi connectivity index (χ0v) is 21.0. The number of carbonyl (C=O) groups excluding carboxylic acids is 2. The minimum absolute atomic E-state index is 0.0308. The van der Waals surface area contributed by atoms with E-state index in [4.69, 9.17) is 14.3 Å². The summed E-state index contributed by atoms with van der Waals surface area (Å²) in [4.78, 5) is 41.2. The van der Waals surface area contributed by atoms with Crippen molar-refractivity contribution in [2.24, 2.45) is 5.92 Å². The van der Waals surface area contributed by atoms with Crippen molar-refractivity contribution in [3.05, 3.63) is 60.9 Å². The lowest BCUT2D eigenvalue weighted by molar-refractivity contribution is 0.0808. The van der Waals surface area contributed by atoms with E-state index in [9.17, 15) is 14.4 Å². The molecule has 0 aromatic carbocycles. The standard InChI is InChI=1S/C25H27N7O6/c1-15(2)21(29-25(35)36)24(34)32-13-16(12-27-32)19-7-8-20(38-19)23(33)28-18-14-31(10-11-37-3)30-22(18)17-6-4-5-9-26-17/h4-9,12-15,21,29H,10-11H2,1-3H3,(H,28,33)(H,35,36). The summed E-state index contributed by atoms with van der Waals surface area (Å²) >= 11 is 0. The molecule has 13 heteroatoms. The fourth-order valence-electron chi connectivity index (χ4n) is 3.66. The predicted octanol–water partition coefficient (Wildman–Crippen LogP) is 3.23. The first-order valence-electron chi connectivity index (χ1n) is 11.7. The molecule has 3 N–H and O–H groups in total. The summed E-state index contributed by atoms with van der Waals surface area (Å²) in [5, 5.41) is 22.6. The number of nitrogens with zero attached hydrogens (tertiary/aromatic N) is 5. The first-order chi connectivity index (χ1) is 18.3. The molecule has 0 aliphatic heterocycles. The van der Waals surface area contributed by atoms with Crippen LogP contribution in [0.15, 0.2) is 59.5 Å². The van der Waals surface area contributed by atoms with Gasteiger partial charge < -0.3 is 24.9 Å². The molecular formula is C25H27N7O6. The van der Waals surface area contributed by atoms with Gasteiger partial charge in [0, 0.05) is 25.7 Å². The van der Waals surface area contributed by atoms with E-state index < -0.39 is 23.9 Å². The summed E-state index contributed by atoms with van der Waals surface area (Å²) < 4.78 is 13.6. The number of hydrogen-bond acceptors (Lipinski definition) is 8. The molecule has 2 amide bonds. The number of carboxylic acid groups (broad SMARTS) is 1. The van der Waals surface area contributed by atoms with Gasteiger partial charge in [-0.2, -0.15) is 10.2 Å². The van der Waals surface area contributed by atoms with Crippen LogP contribution in [0.25, 0.3) is 22.7 Å². The lowest BCUT2D eigenvalue weighted by Gasteiger charge is -2.18. The Morgan fingerprint density at radius 2 is 1.97 bits per heavy atom. The van der Waals surface area contributed by atoms with Gasteiger partial charge in [0.2, 0.25) is 0 Å². The Labute approximate surface area is 217 Å². The van der Waals surface area contributed by atoms with Crippen LogP contribution in [0.1, 0.15) is 29.2 Å². The lowest BCUT2D eigenvalue weighted by Crippen LogP contribution is -2.46. The number of furan rings is 1. The molecule has 13 nitrogen and oxygen atoms in total. The Hall–Kier alpha value is -4.78. The zero-order valence-electron chi connectivity index (χ0n) is 21.0. The van der Waals surface area contributed by atoms with E-state index in [1.54, 1.807) is 56.2 Å². The van der Waals surface area contributed by atoms with Gasteiger partial charge >= 0.3 is 6.09 Å². The molecule has 4 aromatic rings. The number of hydrogen-bond donors (Lipinski definition) is 3. The van der Waals surface area contributed by atoms with Gasteiger partial charge in [-0.25, -0.2) is 9.48 Å². The first kappa shape index (κ1) is 26.3. The highest BCUT2D eigenvalue weighted by molar-refractivity contribution is 6.04. The second-order valence-electron chi connectivity index (χ2n) is 8.66. The highest BCUT2D eigenvalue weighted by Crippen LogP contribution is 2.27. The molecule has 1 atom stereocenters. The van der Waals surface area contributed by atoms with Crippen molar-refractivity contribution in [1.82, 2.24) is 29.9 Å². The zero-order chi connectivity index (χ0) is 27.2. The second-order valence-corrected chi connectivity index (χ2v) is 8.66. The fourth-order valence-corrected chi connectivity index (χ4v) is 3.66. The van der Waals surface area contributed by atoms with E-state index >= 15 is 0 Å². The van der Waals surface area contributed by atoms with E-state index in [0.717, 1.165) is 4.68 Å². The van der Waals surface area contributed by atoms with E-state index in [-0.39, 0.29) is 11.7 Å². The van der Waals surface area contributed by atoms with Crippen molar-refractivity contribution in [3.8, 4) is 22.7 Å². The van der Waals surface area contributed by atoms with E-state index in [1.165, 1.54) is 18.5 Å². The minimum atomic E-state index is -1.30. The van der Waals surface area contributed by atoms with Crippen molar-refractivity contribution >= 4 is 23.6 Å². The number of amides is 2. The van der Waals surface area contributed by atoms with Crippen LogP contribution in [-0.4, -0.2) is 67.3 Å². The summed E-state index contributed by atoms with van der Waals surface area (Å²) in [7, 11) is 1.59. The number of methoxy groups -OCH3 is 1. The number of rotatable bonds is 10. The van der Waals surface area contributed by atoms with E-state index in [0.29, 0.717) is 41.6 Å². The Morgan fingerprint density at radius 1 is 1.16 bits per heavy atom. The Balaban J connectivity index is 1.52. The van der Waals surface area contributed by atoms with Gasteiger partial charge in [0.1, 0.15) is 17.5 Å². The van der Waals surface area contributed by atoms with Crippen molar-refractivity contribution in [3.63, 3.8) is 0 Å². The van der Waals surface area contributed by atoms with Crippen molar-refractivity contribution in [1.29, 1.82) is 0 Å². The lowest BCUT2D eigenvalue weighted by atomic mass is 10.0. The Morgan fingerprint density at radius 3 is 2.66 bits per heavy atom. The monoisotopic (exact) mass is 521 g/mol. The molecule has 0 bridgehead atoms. The van der Waals surface area contributed by atoms with E-state index in [1.807, 2.05) is 6.07 Å². The maximum Gasteiger partial charge on any atom is 0.405 e. The third-order valence-electron chi connectivity index (χ3n) is 5.58. The number of anilines is 1. The number of carbonyl (C=O) groups is 3. The van der Waals surface area contributed by atoms with Gasteiger partial charge in [-0.1, -0.05) is 19.9 Å². The normalized spacial score (nSPS) is 11.9. The van der Waals surface area contributed by atoms with Crippen molar-refractivity contribution in [2.75, 3.05) is 19.0 Å². The van der Waals surface area contributed by atoms with Crippen LogP contribution in [0.3, 0.4) is 0 Å². The van der Waals surface area contributed by atoms with Gasteiger partial charge in [0.15, 0.2) is 5.76 Å². The Bertz CT molecular complexity index is 1420. The van der Waals surface area contributed by atoms with Gasteiger partial charge in [-0.15, -0.1) is 0 Å². The molecule has 0 fully saturated rings. The van der Waals surface area contributed by atoms with Crippen LogP contribution in [0, 0.1) is 5.92 Å². The summed E-state index contributed by atoms with van der Waals surface area (Å²) in [6.07, 6.45) is 4.84. The third-order valence-corrected chi connectivity index (χ3v) is 5.58. The molecule has 0 spiro atoms. The topological polar surface area (TPSA) is 166 Å². The first-order valence-corrected chi connectivity index (χ1v) is 11.7. The largest absolute Gasteiger partial charge is 0.465 e. The van der Waals surface area contributed by atoms with Crippen LogP contribution in [0.4, 0.5) is 10.5 Å². The summed E-state index contributed by atoms with van der Waals surface area (Å²) in [5.41, 5.74) is 1.98. The quantitative estimate of drug-likeness (QED) is 0.284. The summed E-state index contributed by atoms with van der Waals surface area (Å²) in [6.45, 7) is 4.38. The van der Waals surface area contributed by atoms with Gasteiger partial charge in [-0.05, 0) is 30.2 Å². The molecule has 0 saturated heterocycles. The molecule has 0 aliphatic rings.